The van der Waals surface area contributed by atoms with E-state index in [1.807, 2.05) is 27.7 Å². The zero-order valence-corrected chi connectivity index (χ0v) is 17.7. The van der Waals surface area contributed by atoms with Gasteiger partial charge >= 0.3 is 0 Å². The van der Waals surface area contributed by atoms with Crippen molar-refractivity contribution in [2.45, 2.75) is 34.1 Å². The Kier molecular flexibility index (Phi) is 8.52. The highest BCUT2D eigenvalue weighted by Crippen LogP contribution is 2.29. The van der Waals surface area contributed by atoms with Crippen molar-refractivity contribution in [3.8, 4) is 11.5 Å². The summed E-state index contributed by atoms with van der Waals surface area (Å²) in [6.07, 6.45) is 0.885. The molecule has 6 heteroatoms. The molecule has 2 rings (SSSR count). The van der Waals surface area contributed by atoms with Crippen LogP contribution in [0.15, 0.2) is 42.5 Å². The topological polar surface area (TPSA) is 67.9 Å². The van der Waals surface area contributed by atoms with Gasteiger partial charge in [0.15, 0.2) is 11.5 Å². The summed E-state index contributed by atoms with van der Waals surface area (Å²) >= 11 is 0. The Hall–Kier alpha value is -3.02. The second kappa shape index (κ2) is 11.1. The van der Waals surface area contributed by atoms with E-state index in [4.69, 9.17) is 9.47 Å². The van der Waals surface area contributed by atoms with Crippen molar-refractivity contribution in [2.24, 2.45) is 0 Å². The molecule has 0 heterocycles. The number of hydrogen-bond donors (Lipinski definition) is 1. The molecule has 2 amide bonds. The first kappa shape index (κ1) is 22.3. The molecule has 0 radical (unpaired) electrons. The molecule has 156 valence electrons. The van der Waals surface area contributed by atoms with E-state index in [9.17, 15) is 9.59 Å². The summed E-state index contributed by atoms with van der Waals surface area (Å²) in [6.45, 7) is 10.1. The highest BCUT2D eigenvalue weighted by Gasteiger charge is 2.15. The summed E-state index contributed by atoms with van der Waals surface area (Å²) in [5.74, 6) is 0.832. The van der Waals surface area contributed by atoms with Crippen LogP contribution in [-0.2, 0) is 0 Å². The summed E-state index contributed by atoms with van der Waals surface area (Å²) in [6, 6.07) is 12.1. The van der Waals surface area contributed by atoms with Crippen molar-refractivity contribution in [1.29, 1.82) is 0 Å². The minimum Gasteiger partial charge on any atom is -0.490 e. The van der Waals surface area contributed by atoms with Crippen LogP contribution in [0.4, 0.5) is 5.69 Å². The van der Waals surface area contributed by atoms with E-state index < -0.39 is 0 Å². The molecular formula is C23H30N2O4. The van der Waals surface area contributed by atoms with Gasteiger partial charge in [-0.2, -0.15) is 0 Å². The lowest BCUT2D eigenvalue weighted by atomic mass is 10.1. The standard InChI is InChI=1S/C23H30N2O4/c1-5-14-29-20-13-12-17(16-21(20)28-8-4)22(26)24-19-11-9-10-18(15-19)23(27)25(6-2)7-3/h9-13,15-16H,5-8,14H2,1-4H3,(H,24,26). The van der Waals surface area contributed by atoms with Crippen molar-refractivity contribution >= 4 is 17.5 Å². The van der Waals surface area contributed by atoms with Gasteiger partial charge < -0.3 is 19.7 Å². The largest absolute Gasteiger partial charge is 0.490 e. The van der Waals surface area contributed by atoms with Gasteiger partial charge in [-0.1, -0.05) is 13.0 Å². The number of benzene rings is 2. The molecule has 0 saturated heterocycles. The van der Waals surface area contributed by atoms with Crippen molar-refractivity contribution in [3.63, 3.8) is 0 Å². The number of rotatable bonds is 10. The molecule has 0 fully saturated rings. The maximum absolute atomic E-state index is 12.7. The number of nitrogens with zero attached hydrogens (tertiary/aromatic N) is 1. The molecule has 0 atom stereocenters. The first-order valence-corrected chi connectivity index (χ1v) is 10.1. The van der Waals surface area contributed by atoms with Gasteiger partial charge in [0.25, 0.3) is 11.8 Å². The number of hydrogen-bond acceptors (Lipinski definition) is 4. The number of carbonyl (C=O) groups excluding carboxylic acids is 2. The third-order valence-electron chi connectivity index (χ3n) is 4.39. The van der Waals surface area contributed by atoms with Crippen LogP contribution in [0.5, 0.6) is 11.5 Å². The van der Waals surface area contributed by atoms with E-state index in [0.29, 0.717) is 54.6 Å². The quantitative estimate of drug-likeness (QED) is 0.635. The highest BCUT2D eigenvalue weighted by atomic mass is 16.5. The van der Waals surface area contributed by atoms with E-state index in [-0.39, 0.29) is 11.8 Å². The number of nitrogens with one attached hydrogen (secondary N) is 1. The van der Waals surface area contributed by atoms with Gasteiger partial charge in [0.05, 0.1) is 13.2 Å². The highest BCUT2D eigenvalue weighted by molar-refractivity contribution is 6.05. The molecule has 0 unspecified atom stereocenters. The van der Waals surface area contributed by atoms with Crippen LogP contribution < -0.4 is 14.8 Å². The monoisotopic (exact) mass is 398 g/mol. The number of carbonyl (C=O) groups is 2. The zero-order chi connectivity index (χ0) is 21.2. The summed E-state index contributed by atoms with van der Waals surface area (Å²) in [7, 11) is 0. The Morgan fingerprint density at radius 2 is 1.66 bits per heavy atom. The molecule has 0 aromatic heterocycles. The fourth-order valence-electron chi connectivity index (χ4n) is 2.88. The van der Waals surface area contributed by atoms with E-state index in [1.54, 1.807) is 47.4 Å². The van der Waals surface area contributed by atoms with Crippen molar-refractivity contribution in [3.05, 3.63) is 53.6 Å². The average molecular weight is 399 g/mol. The molecule has 0 aliphatic rings. The molecule has 0 saturated carbocycles. The van der Waals surface area contributed by atoms with Crippen LogP contribution in [-0.4, -0.2) is 43.0 Å². The van der Waals surface area contributed by atoms with E-state index in [2.05, 4.69) is 5.32 Å². The van der Waals surface area contributed by atoms with Crippen LogP contribution in [0.1, 0.15) is 54.8 Å². The third-order valence-corrected chi connectivity index (χ3v) is 4.39. The lowest BCUT2D eigenvalue weighted by molar-refractivity contribution is 0.0772. The molecule has 0 bridgehead atoms. The molecule has 6 nitrogen and oxygen atoms in total. The summed E-state index contributed by atoms with van der Waals surface area (Å²) in [4.78, 5) is 27.0. The van der Waals surface area contributed by atoms with Gasteiger partial charge in [-0.05, 0) is 63.6 Å². The SMILES string of the molecule is CCCOc1ccc(C(=O)Nc2cccc(C(=O)N(CC)CC)c2)cc1OCC. The minimum absolute atomic E-state index is 0.0536. The van der Waals surface area contributed by atoms with E-state index in [1.165, 1.54) is 0 Å². The Morgan fingerprint density at radius 1 is 0.897 bits per heavy atom. The molecular weight excluding hydrogens is 368 g/mol. The van der Waals surface area contributed by atoms with Gasteiger partial charge in [-0.25, -0.2) is 0 Å². The fraction of sp³-hybridized carbons (Fsp3) is 0.391. The Bertz CT molecular complexity index is 831. The molecule has 2 aromatic rings. The van der Waals surface area contributed by atoms with Crippen LogP contribution in [0.25, 0.3) is 0 Å². The first-order chi connectivity index (χ1) is 14.0. The van der Waals surface area contributed by atoms with Gasteiger partial charge in [-0.3, -0.25) is 9.59 Å². The minimum atomic E-state index is -0.277. The van der Waals surface area contributed by atoms with Gasteiger partial charge in [0, 0.05) is 29.9 Å². The molecule has 29 heavy (non-hydrogen) atoms. The van der Waals surface area contributed by atoms with Crippen LogP contribution >= 0.6 is 0 Å². The van der Waals surface area contributed by atoms with Crippen molar-refractivity contribution in [2.75, 3.05) is 31.6 Å². The van der Waals surface area contributed by atoms with Crippen molar-refractivity contribution < 1.29 is 19.1 Å². The Balaban J connectivity index is 2.18. The third kappa shape index (κ3) is 5.98. The Morgan fingerprint density at radius 3 is 2.31 bits per heavy atom. The summed E-state index contributed by atoms with van der Waals surface area (Å²) in [5.41, 5.74) is 1.57. The van der Waals surface area contributed by atoms with E-state index >= 15 is 0 Å². The van der Waals surface area contributed by atoms with Gasteiger partial charge in [0.1, 0.15) is 0 Å². The number of ether oxygens (including phenoxy) is 2. The maximum Gasteiger partial charge on any atom is 0.255 e. The molecule has 1 N–H and O–H groups in total. The molecule has 0 spiro atoms. The zero-order valence-electron chi connectivity index (χ0n) is 17.7. The van der Waals surface area contributed by atoms with Crippen LogP contribution in [0.3, 0.4) is 0 Å². The summed E-state index contributed by atoms with van der Waals surface area (Å²) < 4.78 is 11.3. The molecule has 2 aromatic carbocycles. The Labute approximate surface area is 172 Å². The van der Waals surface area contributed by atoms with E-state index in [0.717, 1.165) is 6.42 Å². The van der Waals surface area contributed by atoms with Crippen molar-refractivity contribution in [1.82, 2.24) is 4.90 Å². The van der Waals surface area contributed by atoms with Gasteiger partial charge in [0.2, 0.25) is 0 Å². The van der Waals surface area contributed by atoms with Crippen LogP contribution in [0.2, 0.25) is 0 Å². The first-order valence-electron chi connectivity index (χ1n) is 10.1. The smallest absolute Gasteiger partial charge is 0.255 e. The van der Waals surface area contributed by atoms with Crippen LogP contribution in [0, 0.1) is 0 Å². The second-order valence-corrected chi connectivity index (χ2v) is 6.46. The number of amides is 2. The normalized spacial score (nSPS) is 10.3. The average Bonchev–Trinajstić information content (AvgIpc) is 2.74. The second-order valence-electron chi connectivity index (χ2n) is 6.46. The predicted molar refractivity (Wildman–Crippen MR) is 115 cm³/mol. The fourth-order valence-corrected chi connectivity index (χ4v) is 2.88. The lowest BCUT2D eigenvalue weighted by Crippen LogP contribution is -2.30. The maximum atomic E-state index is 12.7. The predicted octanol–water partition coefficient (Wildman–Crippen LogP) is 4.61. The molecule has 0 aliphatic heterocycles. The summed E-state index contributed by atoms with van der Waals surface area (Å²) in [5, 5.41) is 2.85. The van der Waals surface area contributed by atoms with Gasteiger partial charge in [-0.15, -0.1) is 0 Å². The number of anilines is 1. The lowest BCUT2D eigenvalue weighted by Gasteiger charge is -2.19. The molecule has 0 aliphatic carbocycles.